The maximum Gasteiger partial charge on any atom is 0.414 e. The van der Waals surface area contributed by atoms with Gasteiger partial charge >= 0.3 is 11.9 Å². The zero-order valence-electron chi connectivity index (χ0n) is 16.5. The van der Waals surface area contributed by atoms with Gasteiger partial charge in [-0.25, -0.2) is 14.6 Å². The van der Waals surface area contributed by atoms with Crippen molar-refractivity contribution < 1.29 is 24.5 Å². The summed E-state index contributed by atoms with van der Waals surface area (Å²) in [6, 6.07) is 16.4. The van der Waals surface area contributed by atoms with E-state index in [-0.39, 0.29) is 0 Å². The van der Waals surface area contributed by atoms with Crippen molar-refractivity contribution in [3.05, 3.63) is 64.8 Å². The van der Waals surface area contributed by atoms with Crippen LogP contribution in [0.15, 0.2) is 59.2 Å². The minimum Gasteiger partial charge on any atom is -0.494 e. The van der Waals surface area contributed by atoms with E-state index in [1.807, 2.05) is 44.4 Å². The van der Waals surface area contributed by atoms with Crippen molar-refractivity contribution in [2.75, 3.05) is 11.9 Å². The van der Waals surface area contributed by atoms with E-state index in [0.29, 0.717) is 6.61 Å². The van der Waals surface area contributed by atoms with E-state index in [4.69, 9.17) is 24.5 Å². The molecule has 0 aliphatic rings. The Kier molecular flexibility index (Phi) is 8.42. The molecule has 0 saturated carbocycles. The van der Waals surface area contributed by atoms with E-state index in [1.54, 1.807) is 0 Å². The van der Waals surface area contributed by atoms with Crippen LogP contribution >= 0.6 is 15.9 Å². The van der Waals surface area contributed by atoms with E-state index >= 15 is 0 Å². The normalized spacial score (nSPS) is 9.97. The van der Waals surface area contributed by atoms with Crippen molar-refractivity contribution in [2.45, 2.75) is 13.5 Å². The molecule has 0 saturated heterocycles. The van der Waals surface area contributed by atoms with Crippen molar-refractivity contribution in [1.29, 1.82) is 0 Å². The molecule has 0 aliphatic carbocycles. The monoisotopic (exact) mass is 475 g/mol. The molecule has 0 fully saturated rings. The minimum absolute atomic E-state index is 0.676. The van der Waals surface area contributed by atoms with E-state index in [0.717, 1.165) is 34.0 Å². The predicted molar refractivity (Wildman–Crippen MR) is 117 cm³/mol. The molecule has 158 valence electrons. The van der Waals surface area contributed by atoms with Crippen LogP contribution in [0.5, 0.6) is 5.75 Å². The second-order valence-electron chi connectivity index (χ2n) is 6.07. The number of hydrogen-bond donors (Lipinski definition) is 3. The molecule has 3 N–H and O–H groups in total. The quantitative estimate of drug-likeness (QED) is 0.461. The highest BCUT2D eigenvalue weighted by atomic mass is 79.9. The third-order valence-electron chi connectivity index (χ3n) is 4.00. The Morgan fingerprint density at radius 2 is 1.67 bits per heavy atom. The number of rotatable bonds is 6. The summed E-state index contributed by atoms with van der Waals surface area (Å²) >= 11 is 3.45. The SMILES string of the molecule is CCOc1ccc(-c2cnc(NCc3ccc(Br)cc3)n2C)cc1.O=C(O)C(=O)O. The zero-order valence-corrected chi connectivity index (χ0v) is 18.1. The van der Waals surface area contributed by atoms with Crippen LogP contribution in [0.2, 0.25) is 0 Å². The molecular weight excluding hydrogens is 454 g/mol. The Bertz CT molecular complexity index is 973. The average Bonchev–Trinajstić information content (AvgIpc) is 3.09. The number of nitrogens with zero attached hydrogens (tertiary/aromatic N) is 2. The molecular formula is C21H22BrN3O5. The number of aromatic nitrogens is 2. The lowest BCUT2D eigenvalue weighted by Crippen LogP contribution is -2.09. The van der Waals surface area contributed by atoms with Gasteiger partial charge in [-0.05, 0) is 48.9 Å². The van der Waals surface area contributed by atoms with Gasteiger partial charge in [0.05, 0.1) is 18.5 Å². The van der Waals surface area contributed by atoms with Gasteiger partial charge in [-0.3, -0.25) is 0 Å². The molecule has 0 amide bonds. The number of halogens is 1. The van der Waals surface area contributed by atoms with Gasteiger partial charge in [0.2, 0.25) is 5.95 Å². The van der Waals surface area contributed by atoms with Crippen LogP contribution in [0.4, 0.5) is 5.95 Å². The van der Waals surface area contributed by atoms with E-state index in [9.17, 15) is 0 Å². The van der Waals surface area contributed by atoms with Gasteiger partial charge in [-0.1, -0.05) is 28.1 Å². The fourth-order valence-electron chi connectivity index (χ4n) is 2.51. The number of carboxylic acids is 2. The van der Waals surface area contributed by atoms with Gasteiger partial charge in [0.15, 0.2) is 0 Å². The summed E-state index contributed by atoms with van der Waals surface area (Å²) in [5.41, 5.74) is 3.39. The highest BCUT2D eigenvalue weighted by Crippen LogP contribution is 2.24. The van der Waals surface area contributed by atoms with Crippen LogP contribution in [0.25, 0.3) is 11.3 Å². The fraction of sp³-hybridized carbons (Fsp3) is 0.190. The summed E-state index contributed by atoms with van der Waals surface area (Å²) in [5, 5.41) is 18.2. The summed E-state index contributed by atoms with van der Waals surface area (Å²) in [6.07, 6.45) is 1.89. The highest BCUT2D eigenvalue weighted by molar-refractivity contribution is 9.10. The van der Waals surface area contributed by atoms with Gasteiger partial charge in [-0.15, -0.1) is 0 Å². The first-order valence-corrected chi connectivity index (χ1v) is 9.80. The third kappa shape index (κ3) is 6.63. The maximum atomic E-state index is 9.10. The van der Waals surface area contributed by atoms with Crippen molar-refractivity contribution >= 4 is 33.8 Å². The number of carboxylic acid groups (broad SMARTS) is 2. The Balaban J connectivity index is 0.000000469. The number of nitrogens with one attached hydrogen (secondary N) is 1. The lowest BCUT2D eigenvalue weighted by Gasteiger charge is -2.09. The van der Waals surface area contributed by atoms with Crippen molar-refractivity contribution in [3.63, 3.8) is 0 Å². The van der Waals surface area contributed by atoms with Gasteiger partial charge < -0.3 is 24.8 Å². The van der Waals surface area contributed by atoms with Crippen LogP contribution < -0.4 is 10.1 Å². The Morgan fingerprint density at radius 1 is 1.07 bits per heavy atom. The number of ether oxygens (including phenoxy) is 1. The smallest absolute Gasteiger partial charge is 0.414 e. The van der Waals surface area contributed by atoms with Crippen molar-refractivity contribution in [3.8, 4) is 17.0 Å². The molecule has 0 radical (unpaired) electrons. The number of benzene rings is 2. The minimum atomic E-state index is -1.82. The standard InChI is InChI=1S/C19H20BrN3O.C2H2O4/c1-3-24-17-10-6-15(7-11-17)18-13-22-19(23(18)2)21-12-14-4-8-16(20)9-5-14;3-1(4)2(5)6/h4-11,13H,3,12H2,1-2H3,(H,21,22);(H,3,4)(H,5,6). The van der Waals surface area contributed by atoms with Crippen LogP contribution in [0, 0.1) is 0 Å². The summed E-state index contributed by atoms with van der Waals surface area (Å²) in [5.74, 6) is -1.91. The predicted octanol–water partition coefficient (Wildman–Crippen LogP) is 4.02. The number of hydrogen-bond acceptors (Lipinski definition) is 5. The first kappa shape index (κ1) is 23.0. The van der Waals surface area contributed by atoms with Crippen LogP contribution in [0.1, 0.15) is 12.5 Å². The number of carbonyl (C=O) groups is 2. The van der Waals surface area contributed by atoms with E-state index in [2.05, 4.69) is 55.1 Å². The molecule has 30 heavy (non-hydrogen) atoms. The lowest BCUT2D eigenvalue weighted by atomic mass is 10.1. The van der Waals surface area contributed by atoms with Crippen LogP contribution in [0.3, 0.4) is 0 Å². The molecule has 0 spiro atoms. The molecule has 1 heterocycles. The fourth-order valence-corrected chi connectivity index (χ4v) is 2.78. The Labute approximate surface area is 182 Å². The van der Waals surface area contributed by atoms with Crippen molar-refractivity contribution in [1.82, 2.24) is 9.55 Å². The van der Waals surface area contributed by atoms with Crippen molar-refractivity contribution in [2.24, 2.45) is 7.05 Å². The molecule has 0 bridgehead atoms. The second kappa shape index (κ2) is 11.0. The Hall–Kier alpha value is -3.33. The highest BCUT2D eigenvalue weighted by Gasteiger charge is 2.08. The number of imidazole rings is 1. The van der Waals surface area contributed by atoms with Gasteiger partial charge in [0.1, 0.15) is 5.75 Å². The Morgan fingerprint density at radius 3 is 2.20 bits per heavy atom. The molecule has 2 aromatic carbocycles. The second-order valence-corrected chi connectivity index (χ2v) is 6.99. The summed E-state index contributed by atoms with van der Waals surface area (Å²) < 4.78 is 8.64. The summed E-state index contributed by atoms with van der Waals surface area (Å²) in [7, 11) is 2.02. The molecule has 3 aromatic rings. The molecule has 0 unspecified atom stereocenters. The van der Waals surface area contributed by atoms with Gasteiger partial charge in [-0.2, -0.15) is 0 Å². The van der Waals surface area contributed by atoms with Crippen LogP contribution in [-0.4, -0.2) is 38.3 Å². The van der Waals surface area contributed by atoms with E-state index in [1.165, 1.54) is 5.56 Å². The summed E-state index contributed by atoms with van der Waals surface area (Å²) in [4.78, 5) is 22.7. The molecule has 0 aliphatic heterocycles. The first-order chi connectivity index (χ1) is 14.3. The lowest BCUT2D eigenvalue weighted by molar-refractivity contribution is -0.159. The molecule has 8 nitrogen and oxygen atoms in total. The number of aliphatic carboxylic acids is 2. The van der Waals surface area contributed by atoms with Gasteiger partial charge in [0, 0.05) is 23.6 Å². The largest absolute Gasteiger partial charge is 0.494 e. The molecule has 1 aromatic heterocycles. The third-order valence-corrected chi connectivity index (χ3v) is 4.52. The maximum absolute atomic E-state index is 9.10. The summed E-state index contributed by atoms with van der Waals surface area (Å²) in [6.45, 7) is 3.40. The van der Waals surface area contributed by atoms with E-state index < -0.39 is 11.9 Å². The molecule has 3 rings (SSSR count). The molecule has 0 atom stereocenters. The molecule has 9 heteroatoms. The number of anilines is 1. The van der Waals surface area contributed by atoms with Gasteiger partial charge in [0.25, 0.3) is 0 Å². The zero-order chi connectivity index (χ0) is 22.1. The first-order valence-electron chi connectivity index (χ1n) is 9.01. The van der Waals surface area contributed by atoms with Crippen LogP contribution in [-0.2, 0) is 23.2 Å². The average molecular weight is 476 g/mol. The topological polar surface area (TPSA) is 114 Å².